The maximum absolute atomic E-state index is 16.0. The zero-order valence-electron chi connectivity index (χ0n) is 22.6. The van der Waals surface area contributed by atoms with Gasteiger partial charge in [-0.05, 0) is 49.9 Å². The molecule has 4 rings (SSSR count). The van der Waals surface area contributed by atoms with Crippen molar-refractivity contribution in [1.29, 1.82) is 0 Å². The van der Waals surface area contributed by atoms with E-state index in [9.17, 15) is 35.1 Å². The third-order valence-electron chi connectivity index (χ3n) is 7.92. The fourth-order valence-corrected chi connectivity index (χ4v) is 5.96. The molecule has 0 unspecified atom stereocenters. The summed E-state index contributed by atoms with van der Waals surface area (Å²) in [5.74, 6) is -43.8. The van der Waals surface area contributed by atoms with Gasteiger partial charge in [0.2, 0.25) is 0 Å². The third kappa shape index (κ3) is 4.25. The van der Waals surface area contributed by atoms with Crippen molar-refractivity contribution in [3.63, 3.8) is 0 Å². The molecule has 0 fully saturated rings. The van der Waals surface area contributed by atoms with Gasteiger partial charge in [0.05, 0.1) is 0 Å². The number of rotatable bonds is 4. The van der Waals surface area contributed by atoms with E-state index in [-0.39, 0.29) is 27.7 Å². The molecule has 0 aliphatic carbocycles. The van der Waals surface area contributed by atoms with Crippen molar-refractivity contribution < 1.29 is 70.2 Å². The van der Waals surface area contributed by atoms with Crippen molar-refractivity contribution in [2.45, 2.75) is 27.7 Å². The Morgan fingerprint density at radius 2 is 0.356 bits per heavy atom. The Kier molecular flexibility index (Phi) is 8.25. The molecular weight excluding hydrogens is 651 g/mol. The molecule has 0 atom stereocenters. The molecule has 0 radical (unpaired) electrons. The minimum Gasteiger partial charge on any atom is -0.207 e. The Labute approximate surface area is 241 Å². The summed E-state index contributed by atoms with van der Waals surface area (Å²) in [6, 6.07) is 0. The second-order valence-electron chi connectivity index (χ2n) is 10.0. The first-order valence-electron chi connectivity index (χ1n) is 12.2. The first kappa shape index (κ1) is 33.7. The minimum atomic E-state index is -5.72. The highest BCUT2D eigenvalue weighted by molar-refractivity contribution is 7.20. The molecule has 0 aliphatic heterocycles. The van der Waals surface area contributed by atoms with Crippen LogP contribution in [0.25, 0.3) is 0 Å². The molecule has 0 nitrogen and oxygen atoms in total. The largest absolute Gasteiger partial charge is 0.207 e. The number of hydrogen-bond donors (Lipinski definition) is 0. The molecule has 0 saturated heterocycles. The van der Waals surface area contributed by atoms with Crippen LogP contribution in [0, 0.1) is 121 Å². The zero-order valence-corrected chi connectivity index (χ0v) is 22.6. The zero-order chi connectivity index (χ0) is 34.4. The Hall–Kier alpha value is -4.18. The topological polar surface area (TPSA) is 0 Å². The van der Waals surface area contributed by atoms with Gasteiger partial charge in [0.25, 0.3) is 0 Å². The van der Waals surface area contributed by atoms with E-state index in [1.165, 1.54) is 0 Å². The van der Waals surface area contributed by atoms with Crippen molar-refractivity contribution in [3.05, 3.63) is 115 Å². The molecule has 0 N–H and O–H groups in total. The molecule has 0 aliphatic rings. The van der Waals surface area contributed by atoms with Gasteiger partial charge in [0.15, 0.2) is 69.8 Å². The van der Waals surface area contributed by atoms with Gasteiger partial charge in [-0.1, -0.05) is 0 Å². The third-order valence-corrected chi connectivity index (χ3v) is 7.92. The Morgan fingerprint density at radius 3 is 0.511 bits per heavy atom. The normalized spacial score (nSPS) is 12.0. The molecule has 0 heterocycles. The lowest BCUT2D eigenvalue weighted by molar-refractivity contribution is 0.405. The lowest BCUT2D eigenvalue weighted by atomic mass is 9.11. The van der Waals surface area contributed by atoms with Crippen LogP contribution in [0.5, 0.6) is 0 Å². The van der Waals surface area contributed by atoms with Crippen LogP contribution in [0.1, 0.15) is 22.3 Å². The van der Waals surface area contributed by atoms with Crippen LogP contribution < -0.4 is 21.9 Å². The van der Waals surface area contributed by atoms with E-state index in [1.807, 2.05) is 0 Å². The molecule has 240 valence electrons. The van der Waals surface area contributed by atoms with Crippen LogP contribution in [0.2, 0.25) is 0 Å². The molecular formula is C28H12BF16-. The van der Waals surface area contributed by atoms with Gasteiger partial charge in [0, 0.05) is 0 Å². The average Bonchev–Trinajstić information content (AvgIpc) is 3.00. The summed E-state index contributed by atoms with van der Waals surface area (Å²) in [4.78, 5) is 0. The molecule has 17 heteroatoms. The standard InChI is InChI=1S/C28H12BF16/c1-5-9(17(34)25(42)21(38)13(5)30)29(10-6(2)14(31)22(39)26(43)18(10)35,11-7(3)15(32)23(40)27(44)19(11)36)12-8(4)16(33)24(41)28(45)20(12)37/h1-4H3/q-1. The van der Waals surface area contributed by atoms with Crippen LogP contribution in [0.3, 0.4) is 0 Å². The SMILES string of the molecule is Cc1c(F)c(F)c(F)c(F)c1[B-](c1c(C)c(F)c(F)c(F)c1F)(c1c(C)c(F)c(F)c(F)c1F)c1c(C)c(F)c(F)c(F)c1F. The summed E-state index contributed by atoms with van der Waals surface area (Å²) < 4.78 is 241. The maximum Gasteiger partial charge on any atom is 0.197 e. The quantitative estimate of drug-likeness (QED) is 0.101. The van der Waals surface area contributed by atoms with Crippen molar-refractivity contribution in [3.8, 4) is 0 Å². The minimum absolute atomic E-state index is 0.253. The smallest absolute Gasteiger partial charge is 0.197 e. The highest BCUT2D eigenvalue weighted by Gasteiger charge is 2.49. The molecule has 0 bridgehead atoms. The summed E-state index contributed by atoms with van der Waals surface area (Å²) in [6.45, 7) is 1.01. The van der Waals surface area contributed by atoms with Crippen LogP contribution in [-0.4, -0.2) is 6.15 Å². The second kappa shape index (κ2) is 11.0. The van der Waals surface area contributed by atoms with E-state index >= 15 is 35.1 Å². The highest BCUT2D eigenvalue weighted by Crippen LogP contribution is 2.31. The van der Waals surface area contributed by atoms with Crippen molar-refractivity contribution in [2.75, 3.05) is 0 Å². The predicted octanol–water partition coefficient (Wildman–Crippen LogP) is 6.52. The van der Waals surface area contributed by atoms with Crippen molar-refractivity contribution >= 4 is 28.0 Å². The molecule has 0 saturated carbocycles. The number of hydrogen-bond acceptors (Lipinski definition) is 0. The Morgan fingerprint density at radius 1 is 0.222 bits per heavy atom. The van der Waals surface area contributed by atoms with Crippen LogP contribution in [0.4, 0.5) is 70.2 Å². The van der Waals surface area contributed by atoms with E-state index in [2.05, 4.69) is 0 Å². The Bertz CT molecular complexity index is 1570. The van der Waals surface area contributed by atoms with Gasteiger partial charge in [-0.15, -0.1) is 0 Å². The Balaban J connectivity index is 2.69. The van der Waals surface area contributed by atoms with Gasteiger partial charge < -0.3 is 0 Å². The van der Waals surface area contributed by atoms with E-state index in [0.29, 0.717) is 0 Å². The molecule has 0 aromatic heterocycles. The fourth-order valence-electron chi connectivity index (χ4n) is 5.96. The highest BCUT2D eigenvalue weighted by atomic mass is 19.2. The number of benzene rings is 4. The second-order valence-corrected chi connectivity index (χ2v) is 10.0. The molecule has 0 spiro atoms. The summed E-state index contributed by atoms with van der Waals surface area (Å²) in [6.07, 6.45) is -5.72. The van der Waals surface area contributed by atoms with Gasteiger partial charge in [0.1, 0.15) is 29.4 Å². The lowest BCUT2D eigenvalue weighted by Gasteiger charge is -2.48. The number of halogens is 16. The van der Waals surface area contributed by atoms with Gasteiger partial charge in [-0.25, -0.2) is 70.2 Å². The van der Waals surface area contributed by atoms with Gasteiger partial charge in [-0.3, -0.25) is 0 Å². The van der Waals surface area contributed by atoms with E-state index in [1.54, 1.807) is 0 Å². The van der Waals surface area contributed by atoms with Gasteiger partial charge in [-0.2, -0.15) is 21.9 Å². The van der Waals surface area contributed by atoms with E-state index in [0.717, 1.165) is 0 Å². The summed E-state index contributed by atoms with van der Waals surface area (Å²) in [5, 5.41) is 0. The molecule has 4 aromatic carbocycles. The summed E-state index contributed by atoms with van der Waals surface area (Å²) in [7, 11) is 0. The fraction of sp³-hybridized carbons (Fsp3) is 0.143. The summed E-state index contributed by atoms with van der Waals surface area (Å²) in [5.41, 5.74) is -15.7. The predicted molar refractivity (Wildman–Crippen MR) is 128 cm³/mol. The average molecular weight is 663 g/mol. The van der Waals surface area contributed by atoms with Crippen LogP contribution in [0.15, 0.2) is 0 Å². The van der Waals surface area contributed by atoms with E-state index in [4.69, 9.17) is 0 Å². The monoisotopic (exact) mass is 663 g/mol. The van der Waals surface area contributed by atoms with E-state index < -0.39 is 143 Å². The van der Waals surface area contributed by atoms with Crippen LogP contribution >= 0.6 is 0 Å². The first-order valence-corrected chi connectivity index (χ1v) is 12.2. The van der Waals surface area contributed by atoms with Crippen molar-refractivity contribution in [1.82, 2.24) is 0 Å². The first-order chi connectivity index (χ1) is 20.7. The molecule has 4 aromatic rings. The lowest BCUT2D eigenvalue weighted by Crippen LogP contribution is -2.80. The van der Waals surface area contributed by atoms with Crippen molar-refractivity contribution in [2.24, 2.45) is 0 Å². The van der Waals surface area contributed by atoms with Crippen LogP contribution in [-0.2, 0) is 0 Å². The maximum atomic E-state index is 16.0. The molecule has 0 amide bonds. The molecule has 45 heavy (non-hydrogen) atoms. The van der Waals surface area contributed by atoms with Gasteiger partial charge >= 0.3 is 0 Å². The summed E-state index contributed by atoms with van der Waals surface area (Å²) >= 11 is 0.